The zero-order chi connectivity index (χ0) is 15.6. The Bertz CT molecular complexity index is 681. The molecule has 0 radical (unpaired) electrons. The summed E-state index contributed by atoms with van der Waals surface area (Å²) in [7, 11) is 0. The Labute approximate surface area is 130 Å². The average molecular weight is 288 g/mol. The second kappa shape index (κ2) is 8.36. The van der Waals surface area contributed by atoms with Crippen molar-refractivity contribution in [1.29, 1.82) is 10.5 Å². The van der Waals surface area contributed by atoms with Gasteiger partial charge in [0, 0.05) is 12.8 Å². The topological polar surface area (TPSA) is 72.0 Å². The van der Waals surface area contributed by atoms with Crippen LogP contribution in [0.5, 0.6) is 0 Å². The highest BCUT2D eigenvalue weighted by Gasteiger charge is 2.18. The fraction of sp³-hybridized carbons (Fsp3) is 0.167. The maximum absolute atomic E-state index is 9.27. The summed E-state index contributed by atoms with van der Waals surface area (Å²) in [6, 6.07) is 22.1. The van der Waals surface area contributed by atoms with Gasteiger partial charge >= 0.3 is 0 Å². The molecule has 0 aliphatic rings. The second-order valence-corrected chi connectivity index (χ2v) is 4.74. The smallest absolute Gasteiger partial charge is 0.165 e. The van der Waals surface area contributed by atoms with Gasteiger partial charge in [-0.15, -0.1) is 0 Å². The molecular formula is C18H16N4. The Morgan fingerprint density at radius 1 is 0.955 bits per heavy atom. The first-order valence-electron chi connectivity index (χ1n) is 6.98. The van der Waals surface area contributed by atoms with Gasteiger partial charge in [-0.3, -0.25) is 10.3 Å². The van der Waals surface area contributed by atoms with Gasteiger partial charge in [0.25, 0.3) is 0 Å². The highest BCUT2D eigenvalue weighted by molar-refractivity contribution is 5.79. The highest BCUT2D eigenvalue weighted by Crippen LogP contribution is 2.03. The van der Waals surface area contributed by atoms with Crippen LogP contribution in [0.25, 0.3) is 0 Å². The number of aliphatic imine (C=N–C) groups is 1. The summed E-state index contributed by atoms with van der Waals surface area (Å²) in [6.07, 6.45) is 1.63. The van der Waals surface area contributed by atoms with Crippen LogP contribution < -0.4 is 5.32 Å². The molecule has 22 heavy (non-hydrogen) atoms. The highest BCUT2D eigenvalue weighted by atomic mass is 15.0. The monoisotopic (exact) mass is 288 g/mol. The van der Waals surface area contributed by atoms with E-state index in [1.165, 1.54) is 0 Å². The van der Waals surface area contributed by atoms with Crippen LogP contribution in [0.3, 0.4) is 0 Å². The van der Waals surface area contributed by atoms with Gasteiger partial charge in [-0.1, -0.05) is 60.7 Å². The van der Waals surface area contributed by atoms with Gasteiger partial charge in [-0.05, 0) is 11.1 Å². The van der Waals surface area contributed by atoms with Crippen molar-refractivity contribution in [2.75, 3.05) is 0 Å². The molecule has 4 nitrogen and oxygen atoms in total. The lowest BCUT2D eigenvalue weighted by Gasteiger charge is -2.13. The van der Waals surface area contributed by atoms with Crippen molar-refractivity contribution in [3.8, 4) is 12.1 Å². The molecule has 0 bridgehead atoms. The van der Waals surface area contributed by atoms with Gasteiger partial charge in [0.15, 0.2) is 6.04 Å². The summed E-state index contributed by atoms with van der Waals surface area (Å²) in [5.41, 5.74) is 1.97. The van der Waals surface area contributed by atoms with Crippen LogP contribution in [0, 0.1) is 22.7 Å². The van der Waals surface area contributed by atoms with Gasteiger partial charge in [0.2, 0.25) is 0 Å². The minimum Gasteiger partial charge on any atom is -0.295 e. The Morgan fingerprint density at radius 3 is 2.18 bits per heavy atom. The quantitative estimate of drug-likeness (QED) is 0.831. The van der Waals surface area contributed by atoms with Crippen LogP contribution in [0.4, 0.5) is 0 Å². The number of hydrogen-bond acceptors (Lipinski definition) is 4. The van der Waals surface area contributed by atoms with Crippen molar-refractivity contribution < 1.29 is 0 Å². The molecule has 2 aromatic carbocycles. The Kier molecular flexibility index (Phi) is 5.87. The summed E-state index contributed by atoms with van der Waals surface area (Å²) >= 11 is 0. The molecule has 0 fully saturated rings. The number of hydrogen-bond donors (Lipinski definition) is 1. The first-order valence-corrected chi connectivity index (χ1v) is 6.98. The molecule has 2 atom stereocenters. The van der Waals surface area contributed by atoms with E-state index in [4.69, 9.17) is 0 Å². The SMILES string of the molecule is N#CC(N=Cc1ccccc1)C(C#N)NCc1ccccc1. The Hall–Kier alpha value is -2.95. The molecule has 1 N–H and O–H groups in total. The molecule has 0 aliphatic carbocycles. The lowest BCUT2D eigenvalue weighted by atomic mass is 10.1. The van der Waals surface area contributed by atoms with E-state index in [-0.39, 0.29) is 0 Å². The first kappa shape index (κ1) is 15.4. The van der Waals surface area contributed by atoms with Crippen LogP contribution in [0.2, 0.25) is 0 Å². The van der Waals surface area contributed by atoms with Gasteiger partial charge in [0.1, 0.15) is 6.04 Å². The number of nitrogens with zero attached hydrogens (tertiary/aromatic N) is 3. The van der Waals surface area contributed by atoms with E-state index in [0.29, 0.717) is 6.54 Å². The van der Waals surface area contributed by atoms with Crippen molar-refractivity contribution in [2.45, 2.75) is 18.6 Å². The fourth-order valence-electron chi connectivity index (χ4n) is 1.95. The van der Waals surface area contributed by atoms with Crippen molar-refractivity contribution in [3.05, 3.63) is 71.8 Å². The molecule has 2 unspecified atom stereocenters. The first-order chi connectivity index (χ1) is 10.8. The van der Waals surface area contributed by atoms with E-state index in [2.05, 4.69) is 22.4 Å². The van der Waals surface area contributed by atoms with Crippen LogP contribution in [0.15, 0.2) is 65.7 Å². The van der Waals surface area contributed by atoms with E-state index < -0.39 is 12.1 Å². The minimum absolute atomic E-state index is 0.526. The summed E-state index contributed by atoms with van der Waals surface area (Å²) < 4.78 is 0. The summed E-state index contributed by atoms with van der Waals surface area (Å²) in [6.45, 7) is 0.526. The summed E-state index contributed by atoms with van der Waals surface area (Å²) in [4.78, 5) is 4.22. The third-order valence-electron chi connectivity index (χ3n) is 3.14. The molecule has 0 saturated carbocycles. The molecule has 0 aliphatic heterocycles. The number of rotatable bonds is 6. The normalized spacial score (nSPS) is 13.2. The lowest BCUT2D eigenvalue weighted by molar-refractivity contribution is 0.562. The molecule has 108 valence electrons. The predicted molar refractivity (Wildman–Crippen MR) is 86.1 cm³/mol. The number of benzene rings is 2. The van der Waals surface area contributed by atoms with Gasteiger partial charge in [0.05, 0.1) is 12.1 Å². The van der Waals surface area contributed by atoms with Crippen LogP contribution in [-0.2, 0) is 6.54 Å². The van der Waals surface area contributed by atoms with Gasteiger partial charge in [-0.2, -0.15) is 10.5 Å². The van der Waals surface area contributed by atoms with Crippen LogP contribution in [0.1, 0.15) is 11.1 Å². The van der Waals surface area contributed by atoms with Crippen LogP contribution >= 0.6 is 0 Å². The second-order valence-electron chi connectivity index (χ2n) is 4.74. The maximum Gasteiger partial charge on any atom is 0.165 e. The summed E-state index contributed by atoms with van der Waals surface area (Å²) in [5, 5.41) is 21.6. The van der Waals surface area contributed by atoms with Gasteiger partial charge in [-0.25, -0.2) is 0 Å². The van der Waals surface area contributed by atoms with Crippen molar-refractivity contribution in [3.63, 3.8) is 0 Å². The maximum atomic E-state index is 9.27. The minimum atomic E-state index is -0.742. The predicted octanol–water partition coefficient (Wildman–Crippen LogP) is 2.68. The third kappa shape index (κ3) is 4.56. The molecule has 0 amide bonds. The van der Waals surface area contributed by atoms with E-state index in [0.717, 1.165) is 11.1 Å². The van der Waals surface area contributed by atoms with Crippen molar-refractivity contribution in [1.82, 2.24) is 5.32 Å². The lowest BCUT2D eigenvalue weighted by Crippen LogP contribution is -2.36. The number of nitriles is 2. The Balaban J connectivity index is 2.00. The average Bonchev–Trinajstić information content (AvgIpc) is 2.59. The van der Waals surface area contributed by atoms with E-state index >= 15 is 0 Å². The van der Waals surface area contributed by atoms with Crippen LogP contribution in [-0.4, -0.2) is 18.3 Å². The zero-order valence-corrected chi connectivity index (χ0v) is 12.1. The molecular weight excluding hydrogens is 272 g/mol. The van der Waals surface area contributed by atoms with Crippen molar-refractivity contribution >= 4 is 6.21 Å². The summed E-state index contributed by atoms with van der Waals surface area (Å²) in [5.74, 6) is 0. The van der Waals surface area contributed by atoms with E-state index in [1.807, 2.05) is 60.7 Å². The molecule has 4 heteroatoms. The standard InChI is InChI=1S/C18H16N4/c19-11-17(21-13-15-7-3-1-4-8-15)18(12-20)22-14-16-9-5-2-6-10-16/h1-10,13,17-18,22H,14H2. The van der Waals surface area contributed by atoms with Gasteiger partial charge < -0.3 is 0 Å². The fourth-order valence-corrected chi connectivity index (χ4v) is 1.95. The molecule has 0 spiro atoms. The molecule has 0 saturated heterocycles. The van der Waals surface area contributed by atoms with E-state index in [9.17, 15) is 10.5 Å². The van der Waals surface area contributed by atoms with Crippen molar-refractivity contribution in [2.24, 2.45) is 4.99 Å². The third-order valence-corrected chi connectivity index (χ3v) is 3.14. The molecule has 0 heterocycles. The largest absolute Gasteiger partial charge is 0.295 e. The Morgan fingerprint density at radius 2 is 1.59 bits per heavy atom. The molecule has 2 aromatic rings. The molecule has 2 rings (SSSR count). The number of nitrogens with one attached hydrogen (secondary N) is 1. The van der Waals surface area contributed by atoms with E-state index in [1.54, 1.807) is 6.21 Å². The zero-order valence-electron chi connectivity index (χ0n) is 12.1. The molecule has 0 aromatic heterocycles.